The number of amides is 1. The van der Waals surface area contributed by atoms with E-state index in [2.05, 4.69) is 21.2 Å². The van der Waals surface area contributed by atoms with E-state index >= 15 is 0 Å². The van der Waals surface area contributed by atoms with Gasteiger partial charge in [-0.15, -0.1) is 0 Å². The van der Waals surface area contributed by atoms with Gasteiger partial charge in [0.05, 0.1) is 23.1 Å². The molecule has 0 fully saturated rings. The lowest BCUT2D eigenvalue weighted by atomic mass is 10.1. The van der Waals surface area contributed by atoms with E-state index in [0.29, 0.717) is 15.8 Å². The molecule has 2 N–H and O–H groups in total. The van der Waals surface area contributed by atoms with Crippen LogP contribution >= 0.6 is 15.9 Å². The number of anilines is 1. The highest BCUT2D eigenvalue weighted by Crippen LogP contribution is 2.23. The van der Waals surface area contributed by atoms with Gasteiger partial charge in [-0.25, -0.2) is 4.79 Å². The van der Waals surface area contributed by atoms with Crippen molar-refractivity contribution in [2.45, 2.75) is 6.92 Å². The minimum absolute atomic E-state index is 0.0791. The van der Waals surface area contributed by atoms with Crippen molar-refractivity contribution in [3.8, 4) is 0 Å². The second kappa shape index (κ2) is 5.27. The van der Waals surface area contributed by atoms with E-state index in [1.54, 1.807) is 25.1 Å². The van der Waals surface area contributed by atoms with Crippen molar-refractivity contribution < 1.29 is 19.1 Å². The summed E-state index contributed by atoms with van der Waals surface area (Å²) in [4.78, 5) is 23.2. The van der Waals surface area contributed by atoms with Crippen LogP contribution in [-0.4, -0.2) is 17.0 Å². The molecule has 0 unspecified atom stereocenters. The fourth-order valence-corrected chi connectivity index (χ4v) is 2.12. The number of carboxylic acid groups (broad SMARTS) is 1. The quantitative estimate of drug-likeness (QED) is 0.908. The van der Waals surface area contributed by atoms with Crippen LogP contribution in [0.1, 0.15) is 26.3 Å². The fourth-order valence-electron chi connectivity index (χ4n) is 1.70. The number of carbonyl (C=O) groups is 2. The zero-order valence-corrected chi connectivity index (χ0v) is 11.5. The zero-order valence-electron chi connectivity index (χ0n) is 9.94. The van der Waals surface area contributed by atoms with Crippen molar-refractivity contribution >= 4 is 33.5 Å². The van der Waals surface area contributed by atoms with E-state index in [-0.39, 0.29) is 11.3 Å². The number of carbonyl (C=O) groups excluding carboxylic acids is 1. The predicted octanol–water partition coefficient (Wildman–Crippen LogP) is 3.30. The number of furan rings is 1. The van der Waals surface area contributed by atoms with Crippen LogP contribution in [0.25, 0.3) is 0 Å². The number of hydrogen-bond acceptors (Lipinski definition) is 3. The molecule has 0 atom stereocenters. The van der Waals surface area contributed by atoms with Gasteiger partial charge >= 0.3 is 5.97 Å². The second-order valence-electron chi connectivity index (χ2n) is 3.86. The Hall–Kier alpha value is -2.08. The molecule has 0 spiro atoms. The van der Waals surface area contributed by atoms with Crippen molar-refractivity contribution in [2.24, 2.45) is 0 Å². The van der Waals surface area contributed by atoms with Gasteiger partial charge in [0.2, 0.25) is 0 Å². The summed E-state index contributed by atoms with van der Waals surface area (Å²) in [5.74, 6) is -1.52. The maximum atomic E-state index is 12.0. The predicted molar refractivity (Wildman–Crippen MR) is 72.5 cm³/mol. The topological polar surface area (TPSA) is 79.5 Å². The second-order valence-corrected chi connectivity index (χ2v) is 4.58. The highest BCUT2D eigenvalue weighted by atomic mass is 79.9. The van der Waals surface area contributed by atoms with Gasteiger partial charge in [-0.1, -0.05) is 12.1 Å². The minimum Gasteiger partial charge on any atom is -0.478 e. The summed E-state index contributed by atoms with van der Waals surface area (Å²) in [5.41, 5.74) is 1.22. The number of carboxylic acids is 1. The van der Waals surface area contributed by atoms with Crippen molar-refractivity contribution in [2.75, 3.05) is 5.32 Å². The van der Waals surface area contributed by atoms with Gasteiger partial charge in [0.25, 0.3) is 5.91 Å². The largest absolute Gasteiger partial charge is 0.478 e. The van der Waals surface area contributed by atoms with Crippen LogP contribution in [0.2, 0.25) is 0 Å². The molecule has 19 heavy (non-hydrogen) atoms. The molecule has 98 valence electrons. The first-order valence-corrected chi connectivity index (χ1v) is 6.17. The summed E-state index contributed by atoms with van der Waals surface area (Å²) in [6.45, 7) is 1.67. The maximum Gasteiger partial charge on any atom is 0.338 e. The lowest BCUT2D eigenvalue weighted by Crippen LogP contribution is -2.15. The molecule has 0 aliphatic rings. The van der Waals surface area contributed by atoms with E-state index in [1.807, 2.05) is 0 Å². The van der Waals surface area contributed by atoms with Crippen LogP contribution < -0.4 is 5.32 Å². The molecule has 2 rings (SSSR count). The highest BCUT2D eigenvalue weighted by Gasteiger charge is 2.18. The van der Waals surface area contributed by atoms with E-state index in [9.17, 15) is 9.59 Å². The summed E-state index contributed by atoms with van der Waals surface area (Å²) >= 11 is 3.10. The van der Waals surface area contributed by atoms with Gasteiger partial charge in [-0.2, -0.15) is 0 Å². The summed E-state index contributed by atoms with van der Waals surface area (Å²) in [7, 11) is 0. The van der Waals surface area contributed by atoms with E-state index < -0.39 is 11.9 Å². The summed E-state index contributed by atoms with van der Waals surface area (Å²) < 4.78 is 5.26. The Balaban J connectivity index is 2.35. The van der Waals surface area contributed by atoms with Crippen LogP contribution in [0.15, 0.2) is 39.6 Å². The van der Waals surface area contributed by atoms with Gasteiger partial charge < -0.3 is 14.8 Å². The molecule has 1 amide bonds. The molecule has 2 aromatic rings. The molecule has 0 radical (unpaired) electrons. The summed E-state index contributed by atoms with van der Waals surface area (Å²) in [5, 5.41) is 11.7. The fraction of sp³-hybridized carbons (Fsp3) is 0.0769. The molecule has 1 heterocycles. The first-order chi connectivity index (χ1) is 9.00. The highest BCUT2D eigenvalue weighted by molar-refractivity contribution is 9.10. The molecular weight excluding hydrogens is 314 g/mol. The lowest BCUT2D eigenvalue weighted by Gasteiger charge is -2.09. The average Bonchev–Trinajstić information content (AvgIpc) is 2.75. The number of benzene rings is 1. The van der Waals surface area contributed by atoms with E-state index in [1.165, 1.54) is 12.3 Å². The summed E-state index contributed by atoms with van der Waals surface area (Å²) in [6.07, 6.45) is 1.37. The van der Waals surface area contributed by atoms with Crippen LogP contribution in [0, 0.1) is 6.92 Å². The third kappa shape index (κ3) is 2.68. The zero-order chi connectivity index (χ0) is 14.0. The number of rotatable bonds is 3. The first kappa shape index (κ1) is 13.4. The van der Waals surface area contributed by atoms with Crippen LogP contribution in [0.4, 0.5) is 5.69 Å². The Morgan fingerprint density at radius 2 is 2.05 bits per heavy atom. The normalized spacial score (nSPS) is 10.2. The molecule has 0 saturated heterocycles. The Labute approximate surface area is 117 Å². The standard InChI is InChI=1S/C13H10BrNO4/c1-7-3-2-4-9(10(7)13(17)18)15-12(16)8-5-6-19-11(8)14/h2-6H,1H3,(H,15,16)(H,17,18). The Morgan fingerprint density at radius 1 is 1.32 bits per heavy atom. The number of aryl methyl sites for hydroxylation is 1. The Bertz CT molecular complexity index is 648. The molecule has 0 aliphatic heterocycles. The molecule has 6 heteroatoms. The molecule has 1 aromatic heterocycles. The maximum absolute atomic E-state index is 12.0. The van der Waals surface area contributed by atoms with E-state index in [0.717, 1.165) is 0 Å². The van der Waals surface area contributed by atoms with Crippen LogP contribution in [-0.2, 0) is 0 Å². The first-order valence-electron chi connectivity index (χ1n) is 5.38. The van der Waals surface area contributed by atoms with Gasteiger partial charge in [0, 0.05) is 0 Å². The molecular formula is C13H10BrNO4. The molecule has 0 saturated carbocycles. The summed E-state index contributed by atoms with van der Waals surface area (Å²) in [6, 6.07) is 6.40. The number of halogens is 1. The number of hydrogen-bond donors (Lipinski definition) is 2. The van der Waals surface area contributed by atoms with Crippen molar-refractivity contribution in [3.63, 3.8) is 0 Å². The minimum atomic E-state index is -1.08. The Morgan fingerprint density at radius 3 is 2.63 bits per heavy atom. The van der Waals surface area contributed by atoms with Crippen molar-refractivity contribution in [1.29, 1.82) is 0 Å². The van der Waals surface area contributed by atoms with Crippen LogP contribution in [0.5, 0.6) is 0 Å². The Kier molecular flexibility index (Phi) is 3.71. The van der Waals surface area contributed by atoms with Gasteiger partial charge in [-0.05, 0) is 40.5 Å². The van der Waals surface area contributed by atoms with Gasteiger partial charge in [-0.3, -0.25) is 4.79 Å². The van der Waals surface area contributed by atoms with E-state index in [4.69, 9.17) is 9.52 Å². The average molecular weight is 324 g/mol. The lowest BCUT2D eigenvalue weighted by molar-refractivity contribution is 0.0697. The SMILES string of the molecule is Cc1cccc(NC(=O)c2ccoc2Br)c1C(=O)O. The third-order valence-electron chi connectivity index (χ3n) is 2.60. The molecule has 0 bridgehead atoms. The monoisotopic (exact) mass is 323 g/mol. The van der Waals surface area contributed by atoms with Gasteiger partial charge in [0.15, 0.2) is 4.67 Å². The number of aromatic carboxylic acids is 1. The number of nitrogens with one attached hydrogen (secondary N) is 1. The van der Waals surface area contributed by atoms with Gasteiger partial charge in [0.1, 0.15) is 0 Å². The molecule has 5 nitrogen and oxygen atoms in total. The van der Waals surface area contributed by atoms with Crippen molar-refractivity contribution in [3.05, 3.63) is 51.9 Å². The van der Waals surface area contributed by atoms with Crippen molar-refractivity contribution in [1.82, 2.24) is 0 Å². The third-order valence-corrected chi connectivity index (χ3v) is 3.21. The smallest absolute Gasteiger partial charge is 0.338 e. The van der Waals surface area contributed by atoms with Crippen LogP contribution in [0.3, 0.4) is 0 Å². The molecule has 1 aromatic carbocycles. The molecule has 0 aliphatic carbocycles.